The molecule has 1 aromatic heterocycles. The fourth-order valence-electron chi connectivity index (χ4n) is 4.85. The first-order valence-corrected chi connectivity index (χ1v) is 11.1. The van der Waals surface area contributed by atoms with Crippen molar-refractivity contribution in [3.63, 3.8) is 0 Å². The number of rotatable bonds is 3. The molecule has 1 unspecified atom stereocenters. The number of carbonyl (C=O) groups is 1. The van der Waals surface area contributed by atoms with Crippen molar-refractivity contribution < 1.29 is 9.53 Å². The molecule has 2 aliphatic heterocycles. The molecular formula is C24H26ClN3O2. The van der Waals surface area contributed by atoms with Crippen molar-refractivity contribution in [2.24, 2.45) is 0 Å². The topological polar surface area (TPSA) is 48.6 Å². The summed E-state index contributed by atoms with van der Waals surface area (Å²) in [6.45, 7) is 5.33. The minimum atomic E-state index is -0.148. The van der Waals surface area contributed by atoms with Crippen LogP contribution in [0.2, 0.25) is 0 Å². The molecule has 5 nitrogen and oxygen atoms in total. The number of aromatic nitrogens is 1. The molecule has 2 aliphatic rings. The van der Waals surface area contributed by atoms with Crippen LogP contribution in [0.1, 0.15) is 29.8 Å². The van der Waals surface area contributed by atoms with Crippen molar-refractivity contribution in [1.29, 1.82) is 0 Å². The predicted octanol–water partition coefficient (Wildman–Crippen LogP) is 4.11. The summed E-state index contributed by atoms with van der Waals surface area (Å²) in [6.07, 6.45) is 1.07. The number of hydrogen-bond acceptors (Lipinski definition) is 3. The number of hydrogen-bond donors (Lipinski definition) is 1. The number of carbonyl (C=O) groups excluding carboxylic acids is 1. The lowest BCUT2D eigenvalue weighted by Crippen LogP contribution is -2.41. The molecule has 30 heavy (non-hydrogen) atoms. The zero-order valence-corrected chi connectivity index (χ0v) is 17.9. The second-order valence-corrected chi connectivity index (χ2v) is 8.42. The molecule has 0 spiro atoms. The Hall–Kier alpha value is -2.50. The zero-order valence-electron chi connectivity index (χ0n) is 17.1. The van der Waals surface area contributed by atoms with Crippen LogP contribution in [-0.4, -0.2) is 54.0 Å². The van der Waals surface area contributed by atoms with E-state index in [0.29, 0.717) is 6.54 Å². The van der Waals surface area contributed by atoms with Gasteiger partial charge in [0.25, 0.3) is 0 Å². The Balaban J connectivity index is 1.54. The quantitative estimate of drug-likeness (QED) is 0.645. The van der Waals surface area contributed by atoms with Crippen LogP contribution >= 0.6 is 11.6 Å². The van der Waals surface area contributed by atoms with Crippen LogP contribution in [-0.2, 0) is 16.0 Å². The van der Waals surface area contributed by atoms with Crippen LogP contribution in [0.25, 0.3) is 10.9 Å². The molecule has 0 bridgehead atoms. The molecule has 0 saturated carbocycles. The van der Waals surface area contributed by atoms with Crippen molar-refractivity contribution in [1.82, 2.24) is 9.88 Å². The molecule has 1 fully saturated rings. The number of ether oxygens (including phenoxy) is 1. The number of anilines is 1. The number of morpholine rings is 1. The number of para-hydroxylation sites is 1. The number of aromatic amines is 1. The summed E-state index contributed by atoms with van der Waals surface area (Å²) < 4.78 is 5.67. The highest BCUT2D eigenvalue weighted by Crippen LogP contribution is 2.39. The van der Waals surface area contributed by atoms with Crippen LogP contribution in [0.15, 0.2) is 48.5 Å². The number of halogens is 1. The highest BCUT2D eigenvalue weighted by molar-refractivity contribution is 6.27. The van der Waals surface area contributed by atoms with Gasteiger partial charge < -0.3 is 19.5 Å². The first kappa shape index (κ1) is 19.5. The van der Waals surface area contributed by atoms with E-state index < -0.39 is 0 Å². The summed E-state index contributed by atoms with van der Waals surface area (Å²) in [5.41, 5.74) is 5.82. The van der Waals surface area contributed by atoms with Gasteiger partial charge in [0.2, 0.25) is 5.91 Å². The third-order valence-electron chi connectivity index (χ3n) is 6.28. The van der Waals surface area contributed by atoms with Crippen molar-refractivity contribution in [3.05, 3.63) is 65.4 Å². The number of amides is 1. The lowest BCUT2D eigenvalue weighted by molar-refractivity contribution is -0.130. The van der Waals surface area contributed by atoms with E-state index in [-0.39, 0.29) is 23.9 Å². The van der Waals surface area contributed by atoms with Crippen molar-refractivity contribution in [3.8, 4) is 0 Å². The van der Waals surface area contributed by atoms with E-state index in [1.807, 2.05) is 11.0 Å². The van der Waals surface area contributed by atoms with Crippen molar-refractivity contribution in [2.75, 3.05) is 37.0 Å². The third kappa shape index (κ3) is 3.36. The first-order chi connectivity index (χ1) is 14.7. The lowest BCUT2D eigenvalue weighted by atomic mass is 9.92. The molecule has 0 aliphatic carbocycles. The maximum atomic E-state index is 12.7. The maximum Gasteiger partial charge on any atom is 0.238 e. The Morgan fingerprint density at radius 2 is 1.97 bits per heavy atom. The molecule has 5 rings (SSSR count). The fourth-order valence-corrected chi connectivity index (χ4v) is 5.01. The molecule has 0 radical (unpaired) electrons. The van der Waals surface area contributed by atoms with Gasteiger partial charge in [0.1, 0.15) is 5.88 Å². The number of H-pyrrole nitrogens is 1. The molecule has 1 amide bonds. The Bertz CT molecular complexity index is 1060. The summed E-state index contributed by atoms with van der Waals surface area (Å²) >= 11 is 5.96. The van der Waals surface area contributed by atoms with Gasteiger partial charge in [-0.05, 0) is 42.7 Å². The van der Waals surface area contributed by atoms with Gasteiger partial charge in [-0.1, -0.05) is 30.3 Å². The van der Waals surface area contributed by atoms with E-state index in [1.54, 1.807) is 0 Å². The average Bonchev–Trinajstić information content (AvgIpc) is 3.17. The minimum Gasteiger partial charge on any atom is -0.375 e. The van der Waals surface area contributed by atoms with E-state index in [9.17, 15) is 4.79 Å². The molecule has 6 heteroatoms. The molecular weight excluding hydrogens is 398 g/mol. The first-order valence-electron chi connectivity index (χ1n) is 10.6. The van der Waals surface area contributed by atoms with Crippen LogP contribution in [0.4, 0.5) is 5.69 Å². The van der Waals surface area contributed by atoms with Gasteiger partial charge in [0.15, 0.2) is 0 Å². The molecule has 2 atom stereocenters. The smallest absolute Gasteiger partial charge is 0.238 e. The van der Waals surface area contributed by atoms with Gasteiger partial charge >= 0.3 is 0 Å². The fraction of sp³-hybridized carbons (Fsp3) is 0.375. The van der Waals surface area contributed by atoms with Gasteiger partial charge in [-0.2, -0.15) is 0 Å². The van der Waals surface area contributed by atoms with Crippen molar-refractivity contribution >= 4 is 34.1 Å². The number of benzene rings is 2. The highest BCUT2D eigenvalue weighted by Gasteiger charge is 2.34. The third-order valence-corrected chi connectivity index (χ3v) is 6.51. The van der Waals surface area contributed by atoms with Crippen LogP contribution in [0.5, 0.6) is 0 Å². The maximum absolute atomic E-state index is 12.7. The van der Waals surface area contributed by atoms with Crippen molar-refractivity contribution in [2.45, 2.75) is 25.5 Å². The van der Waals surface area contributed by atoms with Gasteiger partial charge in [-0.25, -0.2) is 0 Å². The zero-order chi connectivity index (χ0) is 20.7. The van der Waals surface area contributed by atoms with Gasteiger partial charge in [0.05, 0.1) is 18.8 Å². The number of alkyl halides is 1. The number of fused-ring (bicyclic) bond motifs is 3. The van der Waals surface area contributed by atoms with Gasteiger partial charge in [-0.3, -0.25) is 4.79 Å². The summed E-state index contributed by atoms with van der Waals surface area (Å²) in [7, 11) is 0. The molecule has 3 aromatic rings. The SMILES string of the molecule is CC1CN(c2ccc([C@@H]3c4[nH]c5ccccc5c4CCN3C(=O)CCl)cc2)CCO1. The Morgan fingerprint density at radius 1 is 1.17 bits per heavy atom. The van der Waals surface area contributed by atoms with E-state index in [2.05, 4.69) is 59.3 Å². The van der Waals surface area contributed by atoms with E-state index in [0.717, 1.165) is 42.9 Å². The molecule has 156 valence electrons. The predicted molar refractivity (Wildman–Crippen MR) is 120 cm³/mol. The summed E-state index contributed by atoms with van der Waals surface area (Å²) in [5.74, 6) is -0.0347. The monoisotopic (exact) mass is 423 g/mol. The molecule has 2 aromatic carbocycles. The number of nitrogens with zero attached hydrogens (tertiary/aromatic N) is 2. The second kappa shape index (κ2) is 7.97. The van der Waals surface area contributed by atoms with Crippen LogP contribution in [0.3, 0.4) is 0 Å². The molecule has 1 saturated heterocycles. The van der Waals surface area contributed by atoms with Crippen LogP contribution in [0, 0.1) is 0 Å². The van der Waals surface area contributed by atoms with E-state index in [4.69, 9.17) is 16.3 Å². The minimum absolute atomic E-state index is 0.00416. The highest BCUT2D eigenvalue weighted by atomic mass is 35.5. The summed E-state index contributed by atoms with van der Waals surface area (Å²) in [5, 5.41) is 1.24. The number of nitrogens with one attached hydrogen (secondary N) is 1. The molecule has 3 heterocycles. The van der Waals surface area contributed by atoms with Crippen LogP contribution < -0.4 is 4.90 Å². The second-order valence-electron chi connectivity index (χ2n) is 8.16. The summed E-state index contributed by atoms with van der Waals surface area (Å²) in [4.78, 5) is 20.5. The lowest BCUT2D eigenvalue weighted by Gasteiger charge is -2.36. The Kier molecular flexibility index (Phi) is 5.17. The molecule has 1 N–H and O–H groups in total. The normalized spacial score (nSPS) is 21.7. The standard InChI is InChI=1S/C24H26ClN3O2/c1-16-15-27(12-13-30-16)18-8-6-17(7-9-18)24-23-20(10-11-28(24)22(29)14-25)19-4-2-3-5-21(19)26-23/h2-9,16,24,26H,10-15H2,1H3/t16?,24-/m1/s1. The average molecular weight is 424 g/mol. The van der Waals surface area contributed by atoms with Gasteiger partial charge in [0, 0.05) is 41.9 Å². The summed E-state index contributed by atoms with van der Waals surface area (Å²) in [6, 6.07) is 16.8. The largest absolute Gasteiger partial charge is 0.375 e. The Morgan fingerprint density at radius 3 is 2.73 bits per heavy atom. The van der Waals surface area contributed by atoms with Gasteiger partial charge in [-0.15, -0.1) is 11.6 Å². The Labute approximate surface area is 181 Å². The van der Waals surface area contributed by atoms with E-state index in [1.165, 1.54) is 16.6 Å². The van der Waals surface area contributed by atoms with E-state index >= 15 is 0 Å².